The van der Waals surface area contributed by atoms with Crippen molar-refractivity contribution in [2.45, 2.75) is 12.6 Å². The molecule has 4 nitrogen and oxygen atoms in total. The molecule has 0 aliphatic heterocycles. The van der Waals surface area contributed by atoms with Gasteiger partial charge in [0.25, 0.3) is 5.91 Å². The summed E-state index contributed by atoms with van der Waals surface area (Å²) in [4.78, 5) is 11.1. The number of nitrogens with two attached hydrogens (primary N) is 2. The van der Waals surface area contributed by atoms with Crippen LogP contribution in [0, 0.1) is 0 Å². The molecule has 100 valence electrons. The van der Waals surface area contributed by atoms with E-state index < -0.39 is 25.0 Å². The van der Waals surface area contributed by atoms with E-state index in [0.29, 0.717) is 0 Å². The number of nitrogen functional groups attached to an aromatic ring is 1. The Labute approximate surface area is 106 Å². The molecule has 0 bridgehead atoms. The van der Waals surface area contributed by atoms with Crippen molar-refractivity contribution in [2.24, 2.45) is 5.73 Å². The van der Waals surface area contributed by atoms with Crippen molar-refractivity contribution in [3.63, 3.8) is 0 Å². The highest BCUT2D eigenvalue weighted by Crippen LogP contribution is 2.29. The van der Waals surface area contributed by atoms with E-state index in [1.807, 2.05) is 0 Å². The van der Waals surface area contributed by atoms with Gasteiger partial charge in [0.15, 0.2) is 0 Å². The summed E-state index contributed by atoms with van der Waals surface area (Å²) in [5.74, 6) is -0.821. The van der Waals surface area contributed by atoms with Crippen LogP contribution in [0.25, 0.3) is 0 Å². The maximum atomic E-state index is 12.0. The van der Waals surface area contributed by atoms with Crippen LogP contribution in [0.5, 0.6) is 0 Å². The van der Waals surface area contributed by atoms with Crippen LogP contribution in [0.3, 0.4) is 0 Å². The number of carbonyl (C=O) groups is 1. The second-order valence-electron chi connectivity index (χ2n) is 3.58. The van der Waals surface area contributed by atoms with Gasteiger partial charge in [0.05, 0.1) is 22.7 Å². The van der Waals surface area contributed by atoms with E-state index in [-0.39, 0.29) is 22.0 Å². The first kappa shape index (κ1) is 14.4. The summed E-state index contributed by atoms with van der Waals surface area (Å²) in [6, 6.07) is 2.58. The van der Waals surface area contributed by atoms with Gasteiger partial charge in [-0.3, -0.25) is 4.79 Å². The first-order chi connectivity index (χ1) is 8.20. The van der Waals surface area contributed by atoms with Gasteiger partial charge in [-0.15, -0.1) is 0 Å². The van der Waals surface area contributed by atoms with Crippen molar-refractivity contribution in [2.75, 3.05) is 17.6 Å². The van der Waals surface area contributed by atoms with Crippen LogP contribution < -0.4 is 16.8 Å². The zero-order chi connectivity index (χ0) is 13.9. The SMILES string of the molecule is NC(=O)c1cc(N)cc(Cl)c1NCCC(F)(F)F. The predicted octanol–water partition coefficient (Wildman–Crippen LogP) is 2.39. The Balaban J connectivity index is 2.91. The van der Waals surface area contributed by atoms with Gasteiger partial charge in [0, 0.05) is 12.2 Å². The van der Waals surface area contributed by atoms with Gasteiger partial charge in [-0.2, -0.15) is 13.2 Å². The Hall–Kier alpha value is -1.63. The van der Waals surface area contributed by atoms with Crippen LogP contribution in [0.2, 0.25) is 5.02 Å². The average Bonchev–Trinajstić information content (AvgIpc) is 2.18. The molecule has 0 fully saturated rings. The van der Waals surface area contributed by atoms with Crippen LogP contribution in [-0.2, 0) is 0 Å². The lowest BCUT2D eigenvalue weighted by Crippen LogP contribution is -2.18. The number of nitrogens with one attached hydrogen (secondary N) is 1. The topological polar surface area (TPSA) is 81.1 Å². The summed E-state index contributed by atoms with van der Waals surface area (Å²) in [5.41, 5.74) is 10.8. The number of carbonyl (C=O) groups excluding carboxylic acids is 1. The van der Waals surface area contributed by atoms with Gasteiger partial charge in [-0.25, -0.2) is 0 Å². The van der Waals surface area contributed by atoms with Gasteiger partial charge in [-0.05, 0) is 12.1 Å². The Kier molecular flexibility index (Phi) is 4.28. The van der Waals surface area contributed by atoms with Gasteiger partial charge >= 0.3 is 6.18 Å². The van der Waals surface area contributed by atoms with Gasteiger partial charge in [0.2, 0.25) is 0 Å². The highest BCUT2D eigenvalue weighted by atomic mass is 35.5. The van der Waals surface area contributed by atoms with Crippen LogP contribution in [0.15, 0.2) is 12.1 Å². The highest BCUT2D eigenvalue weighted by Gasteiger charge is 2.26. The lowest BCUT2D eigenvalue weighted by molar-refractivity contribution is -0.131. The largest absolute Gasteiger partial charge is 0.399 e. The zero-order valence-corrected chi connectivity index (χ0v) is 9.90. The monoisotopic (exact) mass is 281 g/mol. The number of rotatable bonds is 4. The molecule has 8 heteroatoms. The minimum atomic E-state index is -4.29. The van der Waals surface area contributed by atoms with Gasteiger partial charge < -0.3 is 16.8 Å². The molecule has 0 aliphatic rings. The molecule has 1 rings (SSSR count). The molecule has 0 unspecified atom stereocenters. The van der Waals surface area contributed by atoms with E-state index in [0.717, 1.165) is 0 Å². The number of halogens is 4. The van der Waals surface area contributed by atoms with Crippen molar-refractivity contribution >= 4 is 28.9 Å². The Bertz CT molecular complexity index is 462. The summed E-state index contributed by atoms with van der Waals surface area (Å²) in [7, 11) is 0. The van der Waals surface area contributed by atoms with Crippen molar-refractivity contribution in [1.82, 2.24) is 0 Å². The molecule has 0 saturated carbocycles. The van der Waals surface area contributed by atoms with E-state index in [4.69, 9.17) is 23.1 Å². The summed E-state index contributed by atoms with van der Waals surface area (Å²) in [6.45, 7) is -0.409. The van der Waals surface area contributed by atoms with E-state index in [1.165, 1.54) is 12.1 Å². The van der Waals surface area contributed by atoms with E-state index >= 15 is 0 Å². The number of primary amides is 1. The second kappa shape index (κ2) is 5.34. The van der Waals surface area contributed by atoms with Gasteiger partial charge in [-0.1, -0.05) is 11.6 Å². The van der Waals surface area contributed by atoms with Crippen LogP contribution in [0.1, 0.15) is 16.8 Å². The molecular formula is C10H11ClF3N3O. The molecule has 1 aromatic carbocycles. The maximum absolute atomic E-state index is 12.0. The fourth-order valence-corrected chi connectivity index (χ4v) is 1.63. The molecule has 0 radical (unpaired) electrons. The number of alkyl halides is 3. The summed E-state index contributed by atoms with van der Waals surface area (Å²) in [6.07, 6.45) is -5.34. The molecule has 0 atom stereocenters. The third kappa shape index (κ3) is 3.99. The average molecular weight is 282 g/mol. The molecule has 0 aromatic heterocycles. The Morgan fingerprint density at radius 2 is 2.00 bits per heavy atom. The first-order valence-corrected chi connectivity index (χ1v) is 5.28. The maximum Gasteiger partial charge on any atom is 0.390 e. The molecule has 0 aliphatic carbocycles. The van der Waals surface area contributed by atoms with Crippen LogP contribution >= 0.6 is 11.6 Å². The van der Waals surface area contributed by atoms with E-state index in [9.17, 15) is 18.0 Å². The van der Waals surface area contributed by atoms with Crippen LogP contribution in [-0.4, -0.2) is 18.6 Å². The van der Waals surface area contributed by atoms with Crippen molar-refractivity contribution < 1.29 is 18.0 Å². The lowest BCUT2D eigenvalue weighted by atomic mass is 10.1. The second-order valence-corrected chi connectivity index (χ2v) is 3.99. The highest BCUT2D eigenvalue weighted by molar-refractivity contribution is 6.34. The molecule has 18 heavy (non-hydrogen) atoms. The molecule has 0 heterocycles. The normalized spacial score (nSPS) is 11.3. The van der Waals surface area contributed by atoms with Crippen molar-refractivity contribution in [1.29, 1.82) is 0 Å². The van der Waals surface area contributed by atoms with Crippen LogP contribution in [0.4, 0.5) is 24.5 Å². The number of benzene rings is 1. The van der Waals surface area contributed by atoms with Gasteiger partial charge in [0.1, 0.15) is 0 Å². The molecule has 1 aromatic rings. The molecular weight excluding hydrogens is 271 g/mol. The number of hydrogen-bond donors (Lipinski definition) is 3. The zero-order valence-electron chi connectivity index (χ0n) is 9.14. The van der Waals surface area contributed by atoms with Crippen molar-refractivity contribution in [3.05, 3.63) is 22.7 Å². The minimum Gasteiger partial charge on any atom is -0.399 e. The Morgan fingerprint density at radius 1 is 1.39 bits per heavy atom. The van der Waals surface area contributed by atoms with E-state index in [2.05, 4.69) is 5.32 Å². The van der Waals surface area contributed by atoms with E-state index in [1.54, 1.807) is 0 Å². The third-order valence-electron chi connectivity index (χ3n) is 2.09. The summed E-state index contributed by atoms with van der Waals surface area (Å²) >= 11 is 5.80. The predicted molar refractivity (Wildman–Crippen MR) is 63.5 cm³/mol. The third-order valence-corrected chi connectivity index (χ3v) is 2.39. The first-order valence-electron chi connectivity index (χ1n) is 4.90. The summed E-state index contributed by atoms with van der Waals surface area (Å²) < 4.78 is 36.0. The number of hydrogen-bond acceptors (Lipinski definition) is 3. The molecule has 0 spiro atoms. The van der Waals surface area contributed by atoms with Crippen molar-refractivity contribution in [3.8, 4) is 0 Å². The fraction of sp³-hybridized carbons (Fsp3) is 0.300. The minimum absolute atomic E-state index is 0.0397. The molecule has 1 amide bonds. The number of amides is 1. The fourth-order valence-electron chi connectivity index (χ4n) is 1.33. The number of anilines is 2. The summed E-state index contributed by atoms with van der Waals surface area (Å²) in [5, 5.41) is 2.49. The smallest absolute Gasteiger partial charge is 0.390 e. The Morgan fingerprint density at radius 3 is 2.50 bits per heavy atom. The quantitative estimate of drug-likeness (QED) is 0.741. The standard InChI is InChI=1S/C10H11ClF3N3O/c11-7-4-5(15)3-6(9(16)18)8(7)17-2-1-10(12,13)14/h3-4,17H,1-2,15H2,(H2,16,18). The lowest BCUT2D eigenvalue weighted by Gasteiger charge is -2.13. The molecule has 0 saturated heterocycles. The molecule has 5 N–H and O–H groups in total.